The molecule has 1 nitrogen and oxygen atoms in total. The predicted octanol–water partition coefficient (Wildman–Crippen LogP) is 2.05. The summed E-state index contributed by atoms with van der Waals surface area (Å²) in [6.07, 6.45) is 1.07. The van der Waals surface area contributed by atoms with Crippen molar-refractivity contribution in [1.82, 2.24) is 0 Å². The van der Waals surface area contributed by atoms with Crippen molar-refractivity contribution in [2.75, 3.05) is 0 Å². The van der Waals surface area contributed by atoms with Gasteiger partial charge in [-0.05, 0) is 24.5 Å². The Morgan fingerprint density at radius 3 is 2.62 bits per heavy atom. The molecule has 0 heterocycles. The van der Waals surface area contributed by atoms with Crippen LogP contribution in [0.15, 0.2) is 6.07 Å². The standard InChI is InChI=1S/C9H8F3N/c10-5-3-4-1-2-6(13)7(4)9(12)8(5)11/h3,6H,1-2,13H2. The van der Waals surface area contributed by atoms with Crippen molar-refractivity contribution in [3.63, 3.8) is 0 Å². The molecule has 1 unspecified atom stereocenters. The average Bonchev–Trinajstić information content (AvgIpc) is 2.43. The maximum atomic E-state index is 13.1. The Bertz CT molecular complexity index is 362. The molecule has 0 aliphatic heterocycles. The van der Waals surface area contributed by atoms with Gasteiger partial charge < -0.3 is 5.73 Å². The van der Waals surface area contributed by atoms with E-state index in [0.29, 0.717) is 18.4 Å². The first-order valence-electron chi connectivity index (χ1n) is 4.03. The van der Waals surface area contributed by atoms with Gasteiger partial charge in [0.25, 0.3) is 0 Å². The van der Waals surface area contributed by atoms with Gasteiger partial charge in [-0.25, -0.2) is 13.2 Å². The molecule has 2 rings (SSSR count). The zero-order chi connectivity index (χ0) is 9.59. The summed E-state index contributed by atoms with van der Waals surface area (Å²) >= 11 is 0. The maximum absolute atomic E-state index is 13.1. The second kappa shape index (κ2) is 2.73. The number of hydrogen-bond acceptors (Lipinski definition) is 1. The molecule has 0 spiro atoms. The highest BCUT2D eigenvalue weighted by atomic mass is 19.2. The van der Waals surface area contributed by atoms with Crippen LogP contribution in [0.4, 0.5) is 13.2 Å². The lowest BCUT2D eigenvalue weighted by Crippen LogP contribution is -2.09. The smallest absolute Gasteiger partial charge is 0.194 e. The lowest BCUT2D eigenvalue weighted by molar-refractivity contribution is 0.438. The van der Waals surface area contributed by atoms with E-state index in [2.05, 4.69) is 0 Å². The van der Waals surface area contributed by atoms with Crippen LogP contribution in [0.1, 0.15) is 23.6 Å². The van der Waals surface area contributed by atoms with E-state index in [1.807, 2.05) is 0 Å². The molecule has 0 saturated carbocycles. The fourth-order valence-corrected chi connectivity index (χ4v) is 1.72. The largest absolute Gasteiger partial charge is 0.324 e. The summed E-state index contributed by atoms with van der Waals surface area (Å²) in [6.45, 7) is 0. The highest BCUT2D eigenvalue weighted by molar-refractivity contribution is 5.36. The van der Waals surface area contributed by atoms with E-state index in [4.69, 9.17) is 5.73 Å². The van der Waals surface area contributed by atoms with Crippen LogP contribution in [0.25, 0.3) is 0 Å². The Balaban J connectivity index is 2.68. The molecule has 70 valence electrons. The van der Waals surface area contributed by atoms with Crippen LogP contribution in [0.3, 0.4) is 0 Å². The summed E-state index contributed by atoms with van der Waals surface area (Å²) in [7, 11) is 0. The summed E-state index contributed by atoms with van der Waals surface area (Å²) in [5, 5.41) is 0. The van der Waals surface area contributed by atoms with Crippen molar-refractivity contribution in [1.29, 1.82) is 0 Å². The zero-order valence-corrected chi connectivity index (χ0v) is 6.78. The molecular weight excluding hydrogens is 179 g/mol. The topological polar surface area (TPSA) is 26.0 Å². The van der Waals surface area contributed by atoms with Gasteiger partial charge in [-0.15, -0.1) is 0 Å². The summed E-state index contributed by atoms with van der Waals surface area (Å²) < 4.78 is 38.6. The monoisotopic (exact) mass is 187 g/mol. The van der Waals surface area contributed by atoms with Crippen LogP contribution < -0.4 is 5.73 Å². The molecule has 0 amide bonds. The van der Waals surface area contributed by atoms with E-state index in [1.54, 1.807) is 0 Å². The van der Waals surface area contributed by atoms with Crippen LogP contribution in [0, 0.1) is 17.5 Å². The minimum Gasteiger partial charge on any atom is -0.324 e. The normalized spacial score (nSPS) is 20.5. The average molecular weight is 187 g/mol. The van der Waals surface area contributed by atoms with E-state index in [0.717, 1.165) is 6.07 Å². The minimum absolute atomic E-state index is 0.138. The van der Waals surface area contributed by atoms with Gasteiger partial charge in [-0.3, -0.25) is 0 Å². The fraction of sp³-hybridized carbons (Fsp3) is 0.333. The highest BCUT2D eigenvalue weighted by Crippen LogP contribution is 2.33. The number of rotatable bonds is 0. The molecule has 1 atom stereocenters. The molecular formula is C9H8F3N. The second-order valence-electron chi connectivity index (χ2n) is 3.20. The van der Waals surface area contributed by atoms with Crippen molar-refractivity contribution in [3.8, 4) is 0 Å². The number of halogens is 3. The van der Waals surface area contributed by atoms with Gasteiger partial charge in [0.15, 0.2) is 17.5 Å². The van der Waals surface area contributed by atoms with Gasteiger partial charge in [0.1, 0.15) is 0 Å². The van der Waals surface area contributed by atoms with Gasteiger partial charge in [-0.1, -0.05) is 0 Å². The minimum atomic E-state index is -1.42. The summed E-state index contributed by atoms with van der Waals surface area (Å²) in [6, 6.07) is 0.533. The third kappa shape index (κ3) is 1.13. The molecule has 1 aromatic rings. The SMILES string of the molecule is NC1CCc2cc(F)c(F)c(F)c21. The number of fused-ring (bicyclic) bond motifs is 1. The van der Waals surface area contributed by atoms with Crippen LogP contribution >= 0.6 is 0 Å². The van der Waals surface area contributed by atoms with Crippen molar-refractivity contribution in [2.24, 2.45) is 5.73 Å². The fourth-order valence-electron chi connectivity index (χ4n) is 1.72. The van der Waals surface area contributed by atoms with Crippen molar-refractivity contribution >= 4 is 0 Å². The second-order valence-corrected chi connectivity index (χ2v) is 3.20. The summed E-state index contributed by atoms with van der Waals surface area (Å²) in [5.41, 5.74) is 6.16. The Kier molecular flexibility index (Phi) is 1.80. The quantitative estimate of drug-likeness (QED) is 0.618. The zero-order valence-electron chi connectivity index (χ0n) is 6.78. The van der Waals surface area contributed by atoms with Gasteiger partial charge in [0, 0.05) is 11.6 Å². The van der Waals surface area contributed by atoms with Crippen molar-refractivity contribution < 1.29 is 13.2 Å². The predicted molar refractivity (Wildman–Crippen MR) is 41.6 cm³/mol. The molecule has 0 fully saturated rings. The van der Waals surface area contributed by atoms with Gasteiger partial charge in [0.05, 0.1) is 0 Å². The first-order chi connectivity index (χ1) is 6.11. The Labute approximate surface area is 73.4 Å². The van der Waals surface area contributed by atoms with E-state index in [-0.39, 0.29) is 5.56 Å². The van der Waals surface area contributed by atoms with E-state index in [9.17, 15) is 13.2 Å². The molecule has 0 aromatic heterocycles. The summed E-state index contributed by atoms with van der Waals surface area (Å²) in [4.78, 5) is 0. The van der Waals surface area contributed by atoms with Crippen LogP contribution in [-0.2, 0) is 6.42 Å². The number of nitrogens with two attached hydrogens (primary N) is 1. The maximum Gasteiger partial charge on any atom is 0.194 e. The third-order valence-electron chi connectivity index (χ3n) is 2.38. The molecule has 1 aromatic carbocycles. The van der Waals surface area contributed by atoms with Crippen LogP contribution in [-0.4, -0.2) is 0 Å². The Morgan fingerprint density at radius 2 is 1.92 bits per heavy atom. The van der Waals surface area contributed by atoms with Crippen LogP contribution in [0.5, 0.6) is 0 Å². The Hall–Kier alpha value is -1.03. The van der Waals surface area contributed by atoms with Gasteiger partial charge in [-0.2, -0.15) is 0 Å². The van der Waals surface area contributed by atoms with E-state index < -0.39 is 23.5 Å². The molecule has 2 N–H and O–H groups in total. The number of aryl methyl sites for hydroxylation is 1. The van der Waals surface area contributed by atoms with Gasteiger partial charge >= 0.3 is 0 Å². The molecule has 0 radical (unpaired) electrons. The molecule has 1 aliphatic carbocycles. The van der Waals surface area contributed by atoms with E-state index in [1.165, 1.54) is 0 Å². The Morgan fingerprint density at radius 1 is 1.23 bits per heavy atom. The van der Waals surface area contributed by atoms with E-state index >= 15 is 0 Å². The molecule has 13 heavy (non-hydrogen) atoms. The lowest BCUT2D eigenvalue weighted by Gasteiger charge is -2.07. The molecule has 1 aliphatic rings. The first kappa shape index (κ1) is 8.56. The molecule has 0 bridgehead atoms. The highest BCUT2D eigenvalue weighted by Gasteiger charge is 2.27. The van der Waals surface area contributed by atoms with Crippen LogP contribution in [0.2, 0.25) is 0 Å². The van der Waals surface area contributed by atoms with Crippen molar-refractivity contribution in [2.45, 2.75) is 18.9 Å². The summed E-state index contributed by atoms with van der Waals surface area (Å²) in [5.74, 6) is -3.68. The molecule has 4 heteroatoms. The lowest BCUT2D eigenvalue weighted by atomic mass is 10.1. The number of hydrogen-bond donors (Lipinski definition) is 1. The third-order valence-corrected chi connectivity index (χ3v) is 2.38. The van der Waals surface area contributed by atoms with Crippen molar-refractivity contribution in [3.05, 3.63) is 34.6 Å². The molecule has 0 saturated heterocycles. The first-order valence-corrected chi connectivity index (χ1v) is 4.03. The van der Waals surface area contributed by atoms with Gasteiger partial charge in [0.2, 0.25) is 0 Å². The number of benzene rings is 1.